The first-order valence-corrected chi connectivity index (χ1v) is 10.5. The predicted octanol–water partition coefficient (Wildman–Crippen LogP) is 3.79. The number of halogens is 3. The fourth-order valence-corrected chi connectivity index (χ4v) is 5.24. The van der Waals surface area contributed by atoms with Gasteiger partial charge in [0.1, 0.15) is 10.5 Å². The summed E-state index contributed by atoms with van der Waals surface area (Å²) in [6, 6.07) is 0.722. The number of rotatable bonds is 3. The predicted molar refractivity (Wildman–Crippen MR) is 105 cm³/mol. The highest BCUT2D eigenvalue weighted by Crippen LogP contribution is 2.44. The second-order valence-corrected chi connectivity index (χ2v) is 8.50. The molecule has 12 heteroatoms. The molecule has 2 unspecified atom stereocenters. The van der Waals surface area contributed by atoms with Crippen molar-refractivity contribution < 1.29 is 32.6 Å². The van der Waals surface area contributed by atoms with Crippen LogP contribution in [0.2, 0.25) is 0 Å². The Kier molecular flexibility index (Phi) is 4.59. The molecule has 164 valence electrons. The van der Waals surface area contributed by atoms with Crippen molar-refractivity contribution in [1.82, 2.24) is 14.9 Å². The van der Waals surface area contributed by atoms with Crippen LogP contribution in [0.4, 0.5) is 24.0 Å². The molecule has 0 spiro atoms. The molecule has 2 aliphatic heterocycles. The number of hydrogen-bond donors (Lipinski definition) is 2. The van der Waals surface area contributed by atoms with Gasteiger partial charge in [-0.2, -0.15) is 18.2 Å². The van der Waals surface area contributed by atoms with Crippen LogP contribution in [0.15, 0.2) is 22.1 Å². The Morgan fingerprint density at radius 3 is 2.55 bits per heavy atom. The first-order valence-electron chi connectivity index (χ1n) is 9.58. The van der Waals surface area contributed by atoms with Crippen LogP contribution in [0, 0.1) is 0 Å². The second kappa shape index (κ2) is 7.09. The van der Waals surface area contributed by atoms with E-state index >= 15 is 0 Å². The third-order valence-corrected chi connectivity index (χ3v) is 6.63. The molecule has 1 amide bonds. The van der Waals surface area contributed by atoms with Crippen LogP contribution in [0.3, 0.4) is 0 Å². The van der Waals surface area contributed by atoms with Gasteiger partial charge in [0.15, 0.2) is 5.58 Å². The lowest BCUT2D eigenvalue weighted by molar-refractivity contribution is -0.137. The van der Waals surface area contributed by atoms with Gasteiger partial charge in [0.05, 0.1) is 29.8 Å². The molecule has 2 aromatic heterocycles. The number of thiazole rings is 1. The number of oxazole rings is 1. The fraction of sp³-hybridized carbons (Fsp3) is 0.421. The number of hydrogen-bond acceptors (Lipinski definition) is 7. The molecule has 2 aliphatic rings. The molecule has 31 heavy (non-hydrogen) atoms. The van der Waals surface area contributed by atoms with Crippen LogP contribution in [0.5, 0.6) is 0 Å². The maximum atomic E-state index is 13.9. The summed E-state index contributed by atoms with van der Waals surface area (Å²) in [4.78, 5) is 23.0. The summed E-state index contributed by atoms with van der Waals surface area (Å²) in [6.45, 7) is -0.236. The molecule has 1 aromatic carbocycles. The van der Waals surface area contributed by atoms with Crippen LogP contribution in [-0.2, 0) is 12.8 Å². The Balaban J connectivity index is 1.65. The number of carbonyl (C=O) groups is 1. The Hall–Kier alpha value is -2.86. The zero-order chi connectivity index (χ0) is 21.9. The molecule has 0 aliphatic carbocycles. The Bertz CT molecular complexity index is 1130. The lowest BCUT2D eigenvalue weighted by Gasteiger charge is -2.38. The van der Waals surface area contributed by atoms with E-state index in [-0.39, 0.29) is 47.9 Å². The molecule has 3 aromatic rings. The minimum atomic E-state index is -4.74. The number of carboxylic acid groups (broad SMARTS) is 1. The number of fused-ring (bicyclic) bond motifs is 3. The van der Waals surface area contributed by atoms with Crippen molar-refractivity contribution in [3.05, 3.63) is 28.8 Å². The molecular formula is C19H17F3N4O4S. The van der Waals surface area contributed by atoms with Crippen LogP contribution in [0.1, 0.15) is 24.0 Å². The van der Waals surface area contributed by atoms with Gasteiger partial charge in [0.25, 0.3) is 6.01 Å². The Labute approximate surface area is 177 Å². The van der Waals surface area contributed by atoms with E-state index in [1.807, 2.05) is 0 Å². The first kappa shape index (κ1) is 20.1. The number of aromatic nitrogens is 2. The van der Waals surface area contributed by atoms with Gasteiger partial charge < -0.3 is 19.5 Å². The zero-order valence-corrected chi connectivity index (χ0v) is 16.8. The lowest BCUT2D eigenvalue weighted by atomic mass is 10.0. The molecule has 2 atom stereocenters. The zero-order valence-electron chi connectivity index (χ0n) is 16.0. The molecule has 5 rings (SSSR count). The number of amides is 1. The summed E-state index contributed by atoms with van der Waals surface area (Å²) in [5.41, 5.74) is -1.45. The lowest BCUT2D eigenvalue weighted by Crippen LogP contribution is -2.55. The summed E-state index contributed by atoms with van der Waals surface area (Å²) >= 11 is 1.24. The molecule has 2 fully saturated rings. The van der Waals surface area contributed by atoms with Crippen molar-refractivity contribution >= 4 is 34.5 Å². The van der Waals surface area contributed by atoms with Gasteiger partial charge in [0, 0.05) is 24.7 Å². The van der Waals surface area contributed by atoms with E-state index in [4.69, 9.17) is 4.42 Å². The highest BCUT2D eigenvalue weighted by atomic mass is 32.1. The maximum Gasteiger partial charge on any atom is 0.418 e. The number of anilines is 1. The fourth-order valence-electron chi connectivity index (χ4n) is 4.59. The number of piperazine rings is 1. The largest absolute Gasteiger partial charge is 0.465 e. The molecule has 4 heterocycles. The monoisotopic (exact) mass is 454 g/mol. The van der Waals surface area contributed by atoms with Crippen LogP contribution >= 0.6 is 11.3 Å². The van der Waals surface area contributed by atoms with E-state index in [0.717, 1.165) is 0 Å². The summed E-state index contributed by atoms with van der Waals surface area (Å²) in [5.74, 6) is 0. The summed E-state index contributed by atoms with van der Waals surface area (Å²) in [5, 5.41) is 21.2. The van der Waals surface area contributed by atoms with Crippen molar-refractivity contribution in [3.8, 4) is 10.6 Å². The van der Waals surface area contributed by atoms with Gasteiger partial charge in [-0.05, 0) is 24.5 Å². The average molecular weight is 454 g/mol. The number of aliphatic hydroxyl groups is 1. The van der Waals surface area contributed by atoms with E-state index in [1.165, 1.54) is 28.5 Å². The second-order valence-electron chi connectivity index (χ2n) is 7.61. The molecule has 0 radical (unpaired) electrons. The first-order chi connectivity index (χ1) is 14.8. The number of benzene rings is 1. The number of alkyl halides is 3. The van der Waals surface area contributed by atoms with Gasteiger partial charge in [0.2, 0.25) is 0 Å². The molecular weight excluding hydrogens is 437 g/mol. The third-order valence-electron chi connectivity index (χ3n) is 5.83. The van der Waals surface area contributed by atoms with Gasteiger partial charge in [-0.25, -0.2) is 9.78 Å². The van der Waals surface area contributed by atoms with Gasteiger partial charge >= 0.3 is 12.3 Å². The Morgan fingerprint density at radius 2 is 2.00 bits per heavy atom. The van der Waals surface area contributed by atoms with Crippen molar-refractivity contribution in [1.29, 1.82) is 0 Å². The molecule has 2 N–H and O–H groups in total. The molecule has 0 saturated carbocycles. The number of nitrogens with zero attached hydrogens (tertiary/aromatic N) is 4. The maximum absolute atomic E-state index is 13.9. The van der Waals surface area contributed by atoms with Crippen molar-refractivity contribution in [3.63, 3.8) is 0 Å². The standard InChI is InChI=1S/C19H17F3N4O4S/c20-19(21,22)13-9(8-27)5-12(16-23-3-4-31-16)15-14(13)24-17(30-15)25-6-10-1-2-11(7-25)26(10)18(28)29/h3-5,10-11,27H,1-2,6-8H2,(H,28,29). The highest BCUT2D eigenvalue weighted by Gasteiger charge is 2.44. The van der Waals surface area contributed by atoms with E-state index in [0.29, 0.717) is 23.4 Å². The summed E-state index contributed by atoms with van der Waals surface area (Å²) in [7, 11) is 0. The SMILES string of the molecule is O=C(O)N1C2CCC1CN(c1nc3c(C(F)(F)F)c(CO)cc(-c4nccs4)c3o1)C2. The van der Waals surface area contributed by atoms with Crippen LogP contribution < -0.4 is 4.90 Å². The van der Waals surface area contributed by atoms with Gasteiger partial charge in [-0.3, -0.25) is 4.90 Å². The van der Waals surface area contributed by atoms with E-state index < -0.39 is 24.4 Å². The summed E-state index contributed by atoms with van der Waals surface area (Å²) in [6.07, 6.45) is -2.85. The van der Waals surface area contributed by atoms with Crippen molar-refractivity contribution in [2.75, 3.05) is 18.0 Å². The number of aliphatic hydroxyl groups excluding tert-OH is 1. The van der Waals surface area contributed by atoms with Crippen LogP contribution in [0.25, 0.3) is 21.7 Å². The third kappa shape index (κ3) is 3.21. The molecule has 2 bridgehead atoms. The quantitative estimate of drug-likeness (QED) is 0.621. The van der Waals surface area contributed by atoms with Gasteiger partial charge in [-0.15, -0.1) is 11.3 Å². The minimum absolute atomic E-state index is 0.00957. The van der Waals surface area contributed by atoms with Crippen LogP contribution in [-0.4, -0.2) is 56.3 Å². The molecule has 8 nitrogen and oxygen atoms in total. The van der Waals surface area contributed by atoms with Gasteiger partial charge in [-0.1, -0.05) is 0 Å². The average Bonchev–Trinajstić information content (AvgIpc) is 3.43. The van der Waals surface area contributed by atoms with Crippen molar-refractivity contribution in [2.24, 2.45) is 0 Å². The normalized spacial score (nSPS) is 21.3. The summed E-state index contributed by atoms with van der Waals surface area (Å²) < 4.78 is 47.5. The van der Waals surface area contributed by atoms with E-state index in [1.54, 1.807) is 10.3 Å². The van der Waals surface area contributed by atoms with Crippen molar-refractivity contribution in [2.45, 2.75) is 37.7 Å². The van der Waals surface area contributed by atoms with E-state index in [2.05, 4.69) is 9.97 Å². The minimum Gasteiger partial charge on any atom is -0.465 e. The Morgan fingerprint density at radius 1 is 1.29 bits per heavy atom. The molecule has 2 saturated heterocycles. The highest BCUT2D eigenvalue weighted by molar-refractivity contribution is 7.13. The smallest absolute Gasteiger partial charge is 0.418 e. The van der Waals surface area contributed by atoms with E-state index in [9.17, 15) is 28.2 Å². The topological polar surface area (TPSA) is 103 Å².